The Kier molecular flexibility index (Phi) is 4.19. The largest absolute Gasteiger partial charge is 0.303 e. The van der Waals surface area contributed by atoms with E-state index in [0.717, 1.165) is 35.9 Å². The van der Waals surface area contributed by atoms with E-state index in [1.807, 2.05) is 6.92 Å². The summed E-state index contributed by atoms with van der Waals surface area (Å²) in [7, 11) is 0. The number of carbonyl (C=O) groups excluding carboxylic acids is 1. The fraction of sp³-hybridized carbons (Fsp3) is 0.769. The average Bonchev–Trinajstić information content (AvgIpc) is 2.94. The van der Waals surface area contributed by atoms with Crippen LogP contribution in [-0.4, -0.2) is 44.8 Å². The third-order valence-electron chi connectivity index (χ3n) is 4.31. The van der Waals surface area contributed by atoms with Crippen molar-refractivity contribution in [2.45, 2.75) is 42.4 Å². The highest BCUT2D eigenvalue weighted by molar-refractivity contribution is 8.00. The normalized spacial score (nSPS) is 31.3. The molecule has 104 valence electrons. The molecule has 6 heteroatoms. The van der Waals surface area contributed by atoms with E-state index < -0.39 is 0 Å². The second-order valence-corrected chi connectivity index (χ2v) is 7.16. The molecule has 4 rings (SSSR count). The van der Waals surface area contributed by atoms with Crippen LogP contribution >= 0.6 is 23.5 Å². The van der Waals surface area contributed by atoms with Crippen LogP contribution in [-0.2, 0) is 4.79 Å². The second-order valence-electron chi connectivity index (χ2n) is 5.40. The van der Waals surface area contributed by atoms with E-state index in [9.17, 15) is 4.79 Å². The molecule has 0 aromatic carbocycles. The van der Waals surface area contributed by atoms with Gasteiger partial charge in [0.15, 0.2) is 0 Å². The fourth-order valence-electron chi connectivity index (χ4n) is 3.12. The first-order valence-corrected chi connectivity index (χ1v) is 8.59. The maximum atomic E-state index is 11.0. The number of thioether (sulfide) groups is 1. The van der Waals surface area contributed by atoms with Gasteiger partial charge in [-0.2, -0.15) is 8.75 Å². The number of piperidine rings is 3. The molecule has 3 saturated heterocycles. The molecule has 2 bridgehead atoms. The summed E-state index contributed by atoms with van der Waals surface area (Å²) in [6, 6.07) is 0. The topological polar surface area (TPSA) is 46.1 Å². The number of hydrogen-bond donors (Lipinski definition) is 0. The van der Waals surface area contributed by atoms with Gasteiger partial charge in [0, 0.05) is 12.5 Å². The molecule has 0 amide bonds. The molecule has 4 heterocycles. The zero-order valence-electron chi connectivity index (χ0n) is 11.1. The molecule has 1 aromatic heterocycles. The minimum Gasteiger partial charge on any atom is -0.303 e. The Morgan fingerprint density at radius 1 is 1.47 bits per heavy atom. The van der Waals surface area contributed by atoms with Gasteiger partial charge in [-0.25, -0.2) is 0 Å². The lowest BCUT2D eigenvalue weighted by molar-refractivity contribution is -0.107. The highest BCUT2D eigenvalue weighted by atomic mass is 32.2. The molecular formula is C13H19N3OS2. The monoisotopic (exact) mass is 297 g/mol. The summed E-state index contributed by atoms with van der Waals surface area (Å²) in [6.45, 7) is 5.65. The van der Waals surface area contributed by atoms with Crippen LogP contribution in [0.4, 0.5) is 0 Å². The third kappa shape index (κ3) is 2.71. The van der Waals surface area contributed by atoms with Gasteiger partial charge in [-0.05, 0) is 38.3 Å². The Morgan fingerprint density at radius 3 is 2.84 bits per heavy atom. The van der Waals surface area contributed by atoms with Crippen LogP contribution < -0.4 is 0 Å². The Bertz CT molecular complexity index is 443. The first-order chi connectivity index (χ1) is 9.31. The smallest absolute Gasteiger partial charge is 0.134 e. The van der Waals surface area contributed by atoms with Crippen molar-refractivity contribution in [3.8, 4) is 0 Å². The molecule has 3 fully saturated rings. The summed E-state index contributed by atoms with van der Waals surface area (Å²) in [5, 5.41) is 1.02. The predicted molar refractivity (Wildman–Crippen MR) is 77.8 cm³/mol. The van der Waals surface area contributed by atoms with E-state index in [1.54, 1.807) is 11.8 Å². The Balaban J connectivity index is 1.78. The summed E-state index contributed by atoms with van der Waals surface area (Å²) in [6.07, 6.45) is 4.46. The fourth-order valence-corrected chi connectivity index (χ4v) is 4.80. The quantitative estimate of drug-likeness (QED) is 0.617. The van der Waals surface area contributed by atoms with E-state index in [1.165, 1.54) is 37.7 Å². The van der Waals surface area contributed by atoms with E-state index >= 15 is 0 Å². The molecule has 4 nitrogen and oxygen atoms in total. The number of rotatable bonds is 5. The van der Waals surface area contributed by atoms with Crippen LogP contribution in [0, 0.1) is 5.92 Å². The average molecular weight is 297 g/mol. The van der Waals surface area contributed by atoms with Gasteiger partial charge in [0.1, 0.15) is 11.3 Å². The van der Waals surface area contributed by atoms with E-state index in [-0.39, 0.29) is 5.25 Å². The van der Waals surface area contributed by atoms with Gasteiger partial charge in [0.2, 0.25) is 0 Å². The van der Waals surface area contributed by atoms with Gasteiger partial charge < -0.3 is 9.69 Å². The van der Waals surface area contributed by atoms with Gasteiger partial charge in [0.05, 0.1) is 22.7 Å². The SMILES string of the molecule is CCC(C=O)Sc1nsnc1C1CN2CCC1CC2. The standard InChI is InChI=1S/C13H19N3OS2/c1-2-10(8-17)18-13-12(14-19-15-13)11-7-16-5-3-9(11)4-6-16/h8-11H,2-7H2,1H3. The van der Waals surface area contributed by atoms with Crippen LogP contribution in [0.25, 0.3) is 0 Å². The zero-order valence-corrected chi connectivity index (χ0v) is 12.8. The molecule has 3 aliphatic heterocycles. The molecule has 1 aromatic rings. The first-order valence-electron chi connectivity index (χ1n) is 6.98. The molecule has 3 aliphatic rings. The van der Waals surface area contributed by atoms with Gasteiger partial charge in [-0.15, -0.1) is 0 Å². The lowest BCUT2D eigenvalue weighted by Crippen LogP contribution is -2.46. The summed E-state index contributed by atoms with van der Waals surface area (Å²) in [4.78, 5) is 13.5. The molecule has 0 radical (unpaired) electrons. The second kappa shape index (κ2) is 5.89. The third-order valence-corrected chi connectivity index (χ3v) is 6.24. The van der Waals surface area contributed by atoms with Crippen molar-refractivity contribution in [1.82, 2.24) is 13.6 Å². The molecule has 0 aliphatic carbocycles. The van der Waals surface area contributed by atoms with Crippen LogP contribution in [0.5, 0.6) is 0 Å². The van der Waals surface area contributed by atoms with Crippen LogP contribution in [0.3, 0.4) is 0 Å². The lowest BCUT2D eigenvalue weighted by atomic mass is 9.78. The number of aromatic nitrogens is 2. The van der Waals surface area contributed by atoms with Crippen molar-refractivity contribution in [3.05, 3.63) is 5.69 Å². The van der Waals surface area contributed by atoms with Gasteiger partial charge in [0.25, 0.3) is 0 Å². The highest BCUT2D eigenvalue weighted by Gasteiger charge is 2.37. The van der Waals surface area contributed by atoms with Crippen molar-refractivity contribution in [1.29, 1.82) is 0 Å². The molecule has 0 N–H and O–H groups in total. The van der Waals surface area contributed by atoms with E-state index in [0.29, 0.717) is 5.92 Å². The van der Waals surface area contributed by atoms with Gasteiger partial charge in [-0.3, -0.25) is 0 Å². The molecule has 0 spiro atoms. The van der Waals surface area contributed by atoms with Crippen molar-refractivity contribution in [2.75, 3.05) is 19.6 Å². The summed E-state index contributed by atoms with van der Waals surface area (Å²) in [5.41, 5.74) is 1.16. The summed E-state index contributed by atoms with van der Waals surface area (Å²) >= 11 is 2.89. The highest BCUT2D eigenvalue weighted by Crippen LogP contribution is 2.41. The minimum atomic E-state index is 0.0173. The molecule has 2 atom stereocenters. The van der Waals surface area contributed by atoms with Crippen molar-refractivity contribution in [3.63, 3.8) is 0 Å². The first kappa shape index (κ1) is 13.5. The molecular weight excluding hydrogens is 278 g/mol. The minimum absolute atomic E-state index is 0.0173. The predicted octanol–water partition coefficient (Wildman–Crippen LogP) is 2.42. The number of fused-ring (bicyclic) bond motifs is 3. The van der Waals surface area contributed by atoms with Crippen molar-refractivity contribution < 1.29 is 4.79 Å². The maximum Gasteiger partial charge on any atom is 0.134 e. The number of carbonyl (C=O) groups is 1. The number of nitrogens with zero attached hydrogens (tertiary/aromatic N) is 3. The number of aldehydes is 1. The molecule has 2 unspecified atom stereocenters. The summed E-state index contributed by atoms with van der Waals surface area (Å²) < 4.78 is 8.97. The summed E-state index contributed by atoms with van der Waals surface area (Å²) in [5.74, 6) is 1.30. The maximum absolute atomic E-state index is 11.0. The van der Waals surface area contributed by atoms with Crippen molar-refractivity contribution >= 4 is 29.8 Å². The zero-order chi connectivity index (χ0) is 13.2. The Labute approximate surface area is 122 Å². The Morgan fingerprint density at radius 2 is 2.26 bits per heavy atom. The lowest BCUT2D eigenvalue weighted by Gasteiger charge is -2.44. The number of hydrogen-bond acceptors (Lipinski definition) is 6. The Hall–Kier alpha value is -0.460. The molecule has 19 heavy (non-hydrogen) atoms. The van der Waals surface area contributed by atoms with Crippen molar-refractivity contribution in [2.24, 2.45) is 5.92 Å². The van der Waals surface area contributed by atoms with Gasteiger partial charge >= 0.3 is 0 Å². The van der Waals surface area contributed by atoms with Crippen LogP contribution in [0.15, 0.2) is 5.03 Å². The van der Waals surface area contributed by atoms with Crippen LogP contribution in [0.2, 0.25) is 0 Å². The van der Waals surface area contributed by atoms with Gasteiger partial charge in [-0.1, -0.05) is 18.7 Å². The van der Waals surface area contributed by atoms with E-state index in [4.69, 9.17) is 0 Å². The molecule has 0 saturated carbocycles. The van der Waals surface area contributed by atoms with E-state index in [2.05, 4.69) is 13.6 Å². The van der Waals surface area contributed by atoms with Crippen LogP contribution in [0.1, 0.15) is 37.8 Å².